The molecular formula is C22H28N2O4S. The fraction of sp³-hybridized carbons (Fsp3) is 0.409. The van der Waals surface area contributed by atoms with Crippen LogP contribution in [-0.2, 0) is 10.0 Å². The largest absolute Gasteiger partial charge is 0.495 e. The van der Waals surface area contributed by atoms with Gasteiger partial charge >= 0.3 is 0 Å². The Hall–Kier alpha value is -2.38. The van der Waals surface area contributed by atoms with E-state index in [1.807, 2.05) is 37.3 Å². The van der Waals surface area contributed by atoms with Crippen molar-refractivity contribution in [3.63, 3.8) is 0 Å². The van der Waals surface area contributed by atoms with Crippen LogP contribution in [0.1, 0.15) is 54.6 Å². The highest BCUT2D eigenvalue weighted by Crippen LogP contribution is 2.29. The van der Waals surface area contributed by atoms with E-state index in [1.54, 1.807) is 18.0 Å². The maximum Gasteiger partial charge on any atom is 0.254 e. The minimum absolute atomic E-state index is 0.00138. The highest BCUT2D eigenvalue weighted by Gasteiger charge is 2.27. The van der Waals surface area contributed by atoms with Crippen LogP contribution in [0.5, 0.6) is 5.75 Å². The van der Waals surface area contributed by atoms with Crippen molar-refractivity contribution >= 4 is 15.9 Å². The first-order valence-corrected chi connectivity index (χ1v) is 11.3. The molecule has 3 rings (SSSR count). The summed E-state index contributed by atoms with van der Waals surface area (Å²) in [5, 5.41) is 0. The van der Waals surface area contributed by atoms with Gasteiger partial charge in [-0.1, -0.05) is 43.2 Å². The summed E-state index contributed by atoms with van der Waals surface area (Å²) in [7, 11) is -0.643. The Labute approximate surface area is 172 Å². The molecule has 1 unspecified atom stereocenters. The second-order valence-corrected chi connectivity index (χ2v) is 9.15. The van der Waals surface area contributed by atoms with Crippen LogP contribution in [0.25, 0.3) is 0 Å². The fourth-order valence-corrected chi connectivity index (χ4v) is 5.18. The van der Waals surface area contributed by atoms with Gasteiger partial charge in [0.1, 0.15) is 10.6 Å². The van der Waals surface area contributed by atoms with Crippen molar-refractivity contribution in [3.05, 3.63) is 59.7 Å². The van der Waals surface area contributed by atoms with Gasteiger partial charge in [-0.25, -0.2) is 13.1 Å². The van der Waals surface area contributed by atoms with Crippen LogP contribution in [0.15, 0.2) is 53.4 Å². The fourth-order valence-electron chi connectivity index (χ4n) is 3.68. The van der Waals surface area contributed by atoms with E-state index in [0.29, 0.717) is 5.56 Å². The van der Waals surface area contributed by atoms with Gasteiger partial charge in [0.05, 0.1) is 13.2 Å². The molecule has 0 saturated heterocycles. The SMILES string of the molecule is COc1ccc(C(=O)N(C)C(C)c2ccccc2)cc1S(=O)(=O)NC1CCCC1. The van der Waals surface area contributed by atoms with Crippen molar-refractivity contribution < 1.29 is 17.9 Å². The summed E-state index contributed by atoms with van der Waals surface area (Å²) in [4.78, 5) is 14.7. The molecule has 1 aliphatic rings. The summed E-state index contributed by atoms with van der Waals surface area (Å²) in [6, 6.07) is 14.0. The minimum Gasteiger partial charge on any atom is -0.495 e. The molecule has 2 aromatic rings. The lowest BCUT2D eigenvalue weighted by Gasteiger charge is -2.26. The number of methoxy groups -OCH3 is 1. The van der Waals surface area contributed by atoms with Gasteiger partial charge in [0.25, 0.3) is 5.91 Å². The zero-order valence-electron chi connectivity index (χ0n) is 17.1. The van der Waals surface area contributed by atoms with Crippen LogP contribution in [0, 0.1) is 0 Å². The quantitative estimate of drug-likeness (QED) is 0.746. The van der Waals surface area contributed by atoms with Crippen LogP contribution >= 0.6 is 0 Å². The lowest BCUT2D eigenvalue weighted by atomic mass is 10.1. The number of carbonyl (C=O) groups excluding carboxylic acids is 1. The van der Waals surface area contributed by atoms with E-state index in [2.05, 4.69) is 4.72 Å². The number of hydrogen-bond acceptors (Lipinski definition) is 4. The average molecular weight is 417 g/mol. The smallest absolute Gasteiger partial charge is 0.254 e. The molecule has 0 spiro atoms. The van der Waals surface area contributed by atoms with Crippen molar-refractivity contribution in [1.82, 2.24) is 9.62 Å². The van der Waals surface area contributed by atoms with Crippen molar-refractivity contribution in [2.24, 2.45) is 0 Å². The molecule has 29 heavy (non-hydrogen) atoms. The van der Waals surface area contributed by atoms with Crippen LogP contribution in [0.4, 0.5) is 0 Å². The number of nitrogens with zero attached hydrogens (tertiary/aromatic N) is 1. The van der Waals surface area contributed by atoms with Crippen molar-refractivity contribution in [1.29, 1.82) is 0 Å². The van der Waals surface area contributed by atoms with Gasteiger partial charge in [0.15, 0.2) is 0 Å². The third-order valence-corrected chi connectivity index (χ3v) is 7.10. The highest BCUT2D eigenvalue weighted by molar-refractivity contribution is 7.89. The van der Waals surface area contributed by atoms with E-state index in [4.69, 9.17) is 4.74 Å². The van der Waals surface area contributed by atoms with Crippen molar-refractivity contribution in [2.75, 3.05) is 14.2 Å². The number of rotatable bonds is 7. The second kappa shape index (κ2) is 8.97. The predicted octanol–water partition coefficient (Wildman–Crippen LogP) is 3.75. The molecule has 1 saturated carbocycles. The Morgan fingerprint density at radius 2 is 1.79 bits per heavy atom. The zero-order valence-corrected chi connectivity index (χ0v) is 17.9. The molecule has 0 heterocycles. The third kappa shape index (κ3) is 4.79. The normalized spacial score (nSPS) is 15.8. The molecule has 0 aromatic heterocycles. The van der Waals surface area contributed by atoms with Crippen LogP contribution in [0.3, 0.4) is 0 Å². The Bertz CT molecular complexity index is 954. The van der Waals surface area contributed by atoms with Gasteiger partial charge in [-0.3, -0.25) is 4.79 Å². The molecule has 156 valence electrons. The molecule has 6 nitrogen and oxygen atoms in total. The average Bonchev–Trinajstić information content (AvgIpc) is 3.24. The molecule has 2 aromatic carbocycles. The molecule has 7 heteroatoms. The van der Waals surface area contributed by atoms with E-state index in [-0.39, 0.29) is 28.6 Å². The van der Waals surface area contributed by atoms with E-state index < -0.39 is 10.0 Å². The Morgan fingerprint density at radius 3 is 2.41 bits per heavy atom. The second-order valence-electron chi connectivity index (χ2n) is 7.47. The first-order chi connectivity index (χ1) is 13.8. The van der Waals surface area contributed by atoms with E-state index >= 15 is 0 Å². The number of hydrogen-bond donors (Lipinski definition) is 1. The molecule has 1 aliphatic carbocycles. The number of nitrogens with one attached hydrogen (secondary N) is 1. The lowest BCUT2D eigenvalue weighted by Crippen LogP contribution is -2.33. The maximum atomic E-state index is 13.1. The molecule has 0 bridgehead atoms. The van der Waals surface area contributed by atoms with Crippen LogP contribution in [-0.4, -0.2) is 39.4 Å². The van der Waals surface area contributed by atoms with E-state index in [0.717, 1.165) is 31.2 Å². The summed E-state index contributed by atoms with van der Waals surface area (Å²) >= 11 is 0. The van der Waals surface area contributed by atoms with Gasteiger partial charge in [-0.15, -0.1) is 0 Å². The number of ether oxygens (including phenoxy) is 1. The minimum atomic E-state index is -3.79. The number of sulfonamides is 1. The maximum absolute atomic E-state index is 13.1. The first-order valence-electron chi connectivity index (χ1n) is 9.86. The number of benzene rings is 2. The van der Waals surface area contributed by atoms with E-state index in [1.165, 1.54) is 19.2 Å². The molecule has 1 amide bonds. The molecule has 0 radical (unpaired) electrons. The van der Waals surface area contributed by atoms with Gasteiger partial charge in [0, 0.05) is 18.7 Å². The van der Waals surface area contributed by atoms with Crippen molar-refractivity contribution in [2.45, 2.75) is 49.6 Å². The number of carbonyl (C=O) groups is 1. The summed E-state index contributed by atoms with van der Waals surface area (Å²) in [6.45, 7) is 1.94. The summed E-state index contributed by atoms with van der Waals surface area (Å²) in [5.74, 6) is -0.0212. The van der Waals surface area contributed by atoms with Gasteiger partial charge < -0.3 is 9.64 Å². The summed E-state index contributed by atoms with van der Waals surface area (Å²) in [5.41, 5.74) is 1.32. The standard InChI is InChI=1S/C22H28N2O4S/c1-16(17-9-5-4-6-10-17)24(2)22(25)18-13-14-20(28-3)21(15-18)29(26,27)23-19-11-7-8-12-19/h4-6,9-10,13-16,19,23H,7-8,11-12H2,1-3H3. The lowest BCUT2D eigenvalue weighted by molar-refractivity contribution is 0.0742. The van der Waals surface area contributed by atoms with Crippen molar-refractivity contribution in [3.8, 4) is 5.75 Å². The summed E-state index contributed by atoms with van der Waals surface area (Å²) in [6.07, 6.45) is 3.70. The van der Waals surface area contributed by atoms with Gasteiger partial charge in [0.2, 0.25) is 10.0 Å². The third-order valence-electron chi connectivity index (χ3n) is 5.56. The molecule has 1 fully saturated rings. The Kier molecular flexibility index (Phi) is 6.59. The van der Waals surface area contributed by atoms with Gasteiger partial charge in [-0.05, 0) is 43.5 Å². The highest BCUT2D eigenvalue weighted by atomic mass is 32.2. The van der Waals surface area contributed by atoms with E-state index in [9.17, 15) is 13.2 Å². The van der Waals surface area contributed by atoms with Crippen LogP contribution < -0.4 is 9.46 Å². The Balaban J connectivity index is 1.88. The van der Waals surface area contributed by atoms with Crippen LogP contribution in [0.2, 0.25) is 0 Å². The molecular weight excluding hydrogens is 388 g/mol. The zero-order chi connectivity index (χ0) is 21.0. The monoisotopic (exact) mass is 416 g/mol. The predicted molar refractivity (Wildman–Crippen MR) is 113 cm³/mol. The molecule has 1 atom stereocenters. The number of amides is 1. The first kappa shape index (κ1) is 21.3. The van der Waals surface area contributed by atoms with Gasteiger partial charge in [-0.2, -0.15) is 0 Å². The topological polar surface area (TPSA) is 75.7 Å². The molecule has 0 aliphatic heterocycles. The molecule has 1 N–H and O–H groups in total. The Morgan fingerprint density at radius 1 is 1.14 bits per heavy atom. The summed E-state index contributed by atoms with van der Waals surface area (Å²) < 4.78 is 33.9.